The monoisotopic (exact) mass is 449 g/mol. The summed E-state index contributed by atoms with van der Waals surface area (Å²) in [5, 5.41) is 24.8. The number of cyclic esters (lactones) is 1. The first-order chi connectivity index (χ1) is 16.0. The number of nitrogens with zero attached hydrogens (tertiary/aromatic N) is 6. The minimum Gasteiger partial charge on any atom is -0.457 e. The molecule has 170 valence electrons. The molecule has 0 saturated carbocycles. The van der Waals surface area contributed by atoms with E-state index in [1.54, 1.807) is 30.5 Å². The number of likely N-dealkylation sites (tertiary alicyclic amines) is 1. The van der Waals surface area contributed by atoms with E-state index >= 15 is 0 Å². The lowest BCUT2D eigenvalue weighted by atomic mass is 9.95. The highest BCUT2D eigenvalue weighted by atomic mass is 16.5. The molecule has 2 aromatic heterocycles. The maximum Gasteiger partial charge on any atom is 0.338 e. The minimum absolute atomic E-state index is 0.0298. The quantitative estimate of drug-likeness (QED) is 0.518. The van der Waals surface area contributed by atoms with Gasteiger partial charge in [0.25, 0.3) is 5.91 Å². The number of hydrogen-bond acceptors (Lipinski definition) is 9. The number of pyridine rings is 1. The molecule has 4 heterocycles. The number of β-amino-alcohol motifs (C(OH)–C–C–N with tert-alkyl or cyclic N) is 1. The molecule has 0 bridgehead atoms. The van der Waals surface area contributed by atoms with Gasteiger partial charge in [0, 0.05) is 31.2 Å². The number of aliphatic hydroxyl groups excluding tert-OH is 1. The van der Waals surface area contributed by atoms with Gasteiger partial charge < -0.3 is 15.2 Å². The zero-order chi connectivity index (χ0) is 22.9. The molecular formula is C22H23N7O4. The molecule has 1 unspecified atom stereocenters. The lowest BCUT2D eigenvalue weighted by molar-refractivity contribution is 0.0534. The van der Waals surface area contributed by atoms with Crippen LogP contribution in [0.5, 0.6) is 0 Å². The predicted molar refractivity (Wildman–Crippen MR) is 115 cm³/mol. The first-order valence-corrected chi connectivity index (χ1v) is 10.7. The number of carbonyl (C=O) groups excluding carboxylic acids is 2. The largest absolute Gasteiger partial charge is 0.457 e. The number of esters is 1. The molecule has 1 amide bonds. The van der Waals surface area contributed by atoms with Crippen molar-refractivity contribution < 1.29 is 19.4 Å². The Kier molecular flexibility index (Phi) is 5.56. The second-order valence-corrected chi connectivity index (χ2v) is 8.27. The van der Waals surface area contributed by atoms with E-state index in [-0.39, 0.29) is 24.5 Å². The van der Waals surface area contributed by atoms with Crippen LogP contribution in [0.15, 0.2) is 36.8 Å². The number of ether oxygens (including phenoxy) is 1. The highest BCUT2D eigenvalue weighted by molar-refractivity contribution is 5.94. The number of tetrazole rings is 1. The fourth-order valence-corrected chi connectivity index (χ4v) is 4.38. The van der Waals surface area contributed by atoms with E-state index in [0.717, 1.165) is 29.7 Å². The second kappa shape index (κ2) is 8.68. The summed E-state index contributed by atoms with van der Waals surface area (Å²) in [7, 11) is 0. The summed E-state index contributed by atoms with van der Waals surface area (Å²) < 4.78 is 6.56. The molecular weight excluding hydrogens is 426 g/mol. The summed E-state index contributed by atoms with van der Waals surface area (Å²) in [6.07, 6.45) is 3.09. The summed E-state index contributed by atoms with van der Waals surface area (Å²) in [6, 6.07) is 6.85. The second-order valence-electron chi connectivity index (χ2n) is 8.27. The Morgan fingerprint density at radius 3 is 2.97 bits per heavy atom. The molecule has 1 aromatic carbocycles. The molecule has 0 radical (unpaired) electrons. The van der Waals surface area contributed by atoms with Crippen molar-refractivity contribution in [2.75, 3.05) is 19.6 Å². The fourth-order valence-electron chi connectivity index (χ4n) is 4.38. The first-order valence-electron chi connectivity index (χ1n) is 10.7. The van der Waals surface area contributed by atoms with Gasteiger partial charge in [0.15, 0.2) is 0 Å². The van der Waals surface area contributed by atoms with Gasteiger partial charge in [-0.1, -0.05) is 6.07 Å². The number of nitrogens with one attached hydrogen (secondary N) is 1. The van der Waals surface area contributed by atoms with E-state index in [9.17, 15) is 14.7 Å². The molecule has 11 nitrogen and oxygen atoms in total. The summed E-state index contributed by atoms with van der Waals surface area (Å²) in [5.74, 6) is -0.559. The Morgan fingerprint density at radius 2 is 2.21 bits per heavy atom. The van der Waals surface area contributed by atoms with Gasteiger partial charge in [-0.3, -0.25) is 9.69 Å². The van der Waals surface area contributed by atoms with Gasteiger partial charge in [-0.05, 0) is 53.1 Å². The van der Waals surface area contributed by atoms with Crippen LogP contribution < -0.4 is 5.32 Å². The summed E-state index contributed by atoms with van der Waals surface area (Å²) in [4.78, 5) is 30.7. The van der Waals surface area contributed by atoms with E-state index in [1.165, 1.54) is 11.0 Å². The van der Waals surface area contributed by atoms with Crippen LogP contribution >= 0.6 is 0 Å². The van der Waals surface area contributed by atoms with Crippen LogP contribution in [-0.2, 0) is 11.3 Å². The molecule has 0 spiro atoms. The molecule has 33 heavy (non-hydrogen) atoms. The zero-order valence-electron chi connectivity index (χ0n) is 18.0. The predicted octanol–water partition coefficient (Wildman–Crippen LogP) is 0.574. The van der Waals surface area contributed by atoms with Crippen LogP contribution in [0.2, 0.25) is 0 Å². The van der Waals surface area contributed by atoms with E-state index in [1.807, 2.05) is 6.92 Å². The highest BCUT2D eigenvalue weighted by Crippen LogP contribution is 2.29. The van der Waals surface area contributed by atoms with Gasteiger partial charge in [0.1, 0.15) is 18.6 Å². The minimum atomic E-state index is -0.694. The average molecular weight is 449 g/mol. The molecule has 1 saturated heterocycles. The van der Waals surface area contributed by atoms with Gasteiger partial charge in [-0.2, -0.15) is 4.68 Å². The molecule has 2 N–H and O–H groups in total. The maximum absolute atomic E-state index is 12.6. The van der Waals surface area contributed by atoms with E-state index in [0.29, 0.717) is 30.0 Å². The summed E-state index contributed by atoms with van der Waals surface area (Å²) in [5.41, 5.74) is 4.09. The third-order valence-electron chi connectivity index (χ3n) is 6.20. The number of fused-ring (bicyclic) bond motifs is 1. The van der Waals surface area contributed by atoms with Crippen molar-refractivity contribution in [1.29, 1.82) is 0 Å². The lowest BCUT2D eigenvalue weighted by Gasteiger charge is -2.22. The molecule has 2 aliphatic heterocycles. The van der Waals surface area contributed by atoms with E-state index in [4.69, 9.17) is 4.74 Å². The van der Waals surface area contributed by atoms with Crippen molar-refractivity contribution in [2.24, 2.45) is 0 Å². The Labute approximate surface area is 189 Å². The number of aromatic nitrogens is 5. The van der Waals surface area contributed by atoms with Crippen molar-refractivity contribution in [3.63, 3.8) is 0 Å². The third-order valence-corrected chi connectivity index (χ3v) is 6.20. The number of rotatable bonds is 6. The summed E-state index contributed by atoms with van der Waals surface area (Å²) in [6.45, 7) is 4.00. The molecule has 0 aliphatic carbocycles. The standard InChI is InChI=1S/C22H23N7O4/c1-13-16(3-4-17-18(13)11-33-22(17)32)20(30)10-28-7-6-14(9-28)25-21(31)19-5-2-15(8-23-19)29-12-24-26-27-29/h2-5,8,12,14,20,30H,6-7,9-11H2,1H3,(H,25,31)/t14-,20?/m1/s1. The van der Waals surface area contributed by atoms with Crippen molar-refractivity contribution >= 4 is 11.9 Å². The summed E-state index contributed by atoms with van der Waals surface area (Å²) >= 11 is 0. The number of amides is 1. The van der Waals surface area contributed by atoms with Crippen LogP contribution in [0.4, 0.5) is 0 Å². The zero-order valence-corrected chi connectivity index (χ0v) is 18.0. The lowest BCUT2D eigenvalue weighted by Crippen LogP contribution is -2.38. The topological polar surface area (TPSA) is 135 Å². The van der Waals surface area contributed by atoms with Crippen molar-refractivity contribution in [2.45, 2.75) is 32.1 Å². The van der Waals surface area contributed by atoms with Crippen LogP contribution in [0.25, 0.3) is 5.69 Å². The fraction of sp³-hybridized carbons (Fsp3) is 0.364. The third kappa shape index (κ3) is 4.20. The molecule has 3 aromatic rings. The van der Waals surface area contributed by atoms with Gasteiger partial charge in [0.2, 0.25) is 0 Å². The van der Waals surface area contributed by atoms with Crippen LogP contribution in [0.1, 0.15) is 50.1 Å². The molecule has 2 atom stereocenters. The van der Waals surface area contributed by atoms with Crippen molar-refractivity contribution in [3.8, 4) is 5.69 Å². The van der Waals surface area contributed by atoms with Crippen molar-refractivity contribution in [1.82, 2.24) is 35.4 Å². The Morgan fingerprint density at radius 1 is 1.33 bits per heavy atom. The number of carbonyl (C=O) groups is 2. The van der Waals surface area contributed by atoms with E-state index in [2.05, 4.69) is 30.7 Å². The normalized spacial score (nSPS) is 18.7. The average Bonchev–Trinajstić information content (AvgIpc) is 3.57. The Balaban J connectivity index is 1.17. The van der Waals surface area contributed by atoms with Crippen molar-refractivity contribution in [3.05, 3.63) is 64.7 Å². The number of benzene rings is 1. The Hall–Kier alpha value is -3.70. The number of hydrogen-bond donors (Lipinski definition) is 2. The maximum atomic E-state index is 12.6. The molecule has 5 rings (SSSR count). The van der Waals surface area contributed by atoms with Gasteiger partial charge in [-0.15, -0.1) is 5.10 Å². The first kappa shape index (κ1) is 21.2. The molecule has 2 aliphatic rings. The number of aliphatic hydroxyl groups is 1. The van der Waals surface area contributed by atoms with Gasteiger partial charge in [-0.25, -0.2) is 9.78 Å². The highest BCUT2D eigenvalue weighted by Gasteiger charge is 2.29. The van der Waals surface area contributed by atoms with Gasteiger partial charge in [0.05, 0.1) is 23.6 Å². The Bertz CT molecular complexity index is 1180. The SMILES string of the molecule is Cc1c(C(O)CN2CC[C@@H](NC(=O)c3ccc(-n4cnnn4)cn3)C2)ccc2c1COC2=O. The molecule has 1 fully saturated rings. The van der Waals surface area contributed by atoms with Gasteiger partial charge >= 0.3 is 5.97 Å². The van der Waals surface area contributed by atoms with Crippen LogP contribution in [-0.4, -0.2) is 72.8 Å². The van der Waals surface area contributed by atoms with Crippen LogP contribution in [0, 0.1) is 6.92 Å². The van der Waals surface area contributed by atoms with Crippen LogP contribution in [0.3, 0.4) is 0 Å². The molecule has 11 heteroatoms. The smallest absolute Gasteiger partial charge is 0.338 e. The van der Waals surface area contributed by atoms with E-state index < -0.39 is 6.10 Å².